The Morgan fingerprint density at radius 2 is 0.720 bits per heavy atom. The molecule has 0 amide bonds. The molecule has 0 rings (SSSR count). The van der Waals surface area contributed by atoms with E-state index in [1.54, 1.807) is 0 Å². The third kappa shape index (κ3) is 55.0. The van der Waals surface area contributed by atoms with Crippen LogP contribution in [0.3, 0.4) is 0 Å². The van der Waals surface area contributed by atoms with Gasteiger partial charge in [0.25, 0.3) is 0 Å². The quantitative estimate of drug-likeness (QED) is 0.0188. The second-order valence-corrected chi connectivity index (χ2v) is 24.5. The highest BCUT2D eigenvalue weighted by Crippen LogP contribution is 2.28. The highest BCUT2D eigenvalue weighted by molar-refractivity contribution is 5.82. The van der Waals surface area contributed by atoms with Crippen LogP contribution in [-0.2, 0) is 76.3 Å². The standard InChI is InChI=1S/C75H124O18/c1-6-11-14-17-20-21-22-23-24-25-26-27-30-37-46-53-72(82)93-64(60-91-70(80)51-44-38-31-35-41-48-62(47-40-33-28-18-15-12-7-2)65(74(84)85)59-73(83)89-55-54-87-68(78)9-4)61-92-71(81)52-45-39-32-36-43-50-63(49-42-34-29-19-16-13-8-3)66(58-67(76)77)75(86)90-57-56-88-69(79)10-5/h9-10,23-24,40,42,47,49,62-66H,4-8,11-22,25-39,41,43-46,48,50-61H2,1-3H3,(H,76,77)(H,84,85). The summed E-state index contributed by atoms with van der Waals surface area (Å²) >= 11 is 0. The number of allylic oxidation sites excluding steroid dienone is 6. The van der Waals surface area contributed by atoms with Gasteiger partial charge in [-0.25, -0.2) is 9.59 Å². The van der Waals surface area contributed by atoms with Gasteiger partial charge in [0.15, 0.2) is 6.10 Å². The fraction of sp³-hybridized carbons (Fsp3) is 0.747. The second kappa shape index (κ2) is 63.3. The topological polar surface area (TPSA) is 259 Å². The van der Waals surface area contributed by atoms with Crippen LogP contribution in [0, 0.1) is 23.7 Å². The van der Waals surface area contributed by atoms with Gasteiger partial charge in [-0.2, -0.15) is 0 Å². The fourth-order valence-corrected chi connectivity index (χ4v) is 10.8. The molecule has 18 heteroatoms. The van der Waals surface area contributed by atoms with E-state index in [0.717, 1.165) is 141 Å². The molecule has 0 aliphatic heterocycles. The van der Waals surface area contributed by atoms with E-state index in [1.807, 2.05) is 24.3 Å². The number of ether oxygens (including phenoxy) is 7. The predicted molar refractivity (Wildman–Crippen MR) is 364 cm³/mol. The molecule has 18 nitrogen and oxygen atoms in total. The van der Waals surface area contributed by atoms with Crippen molar-refractivity contribution in [1.82, 2.24) is 0 Å². The SMILES string of the molecule is C=CC(=O)OCCOC(=O)CC(C(=O)O)C(C=CCCCCCCC)CCCCCCCC(=O)OCC(COC(=O)CCCCCCCC(C=CCCCCCCC)C(CC(=O)O)C(=O)OCCOC(=O)C=C)OC(=O)CCCCCCCC=CCCCCCCCC. The molecule has 0 aliphatic carbocycles. The van der Waals surface area contributed by atoms with Crippen molar-refractivity contribution in [3.63, 3.8) is 0 Å². The summed E-state index contributed by atoms with van der Waals surface area (Å²) < 4.78 is 37.3. The van der Waals surface area contributed by atoms with Crippen LogP contribution in [0.4, 0.5) is 0 Å². The summed E-state index contributed by atoms with van der Waals surface area (Å²) in [5, 5.41) is 20.0. The first kappa shape index (κ1) is 86.9. The first-order valence-electron chi connectivity index (χ1n) is 36.0. The number of aliphatic carboxylic acids is 2. The van der Waals surface area contributed by atoms with Gasteiger partial charge in [0.1, 0.15) is 39.6 Å². The van der Waals surface area contributed by atoms with Crippen LogP contribution in [-0.4, -0.2) is 110 Å². The van der Waals surface area contributed by atoms with Crippen molar-refractivity contribution in [2.24, 2.45) is 23.7 Å². The van der Waals surface area contributed by atoms with Crippen LogP contribution < -0.4 is 0 Å². The smallest absolute Gasteiger partial charge is 0.330 e. The van der Waals surface area contributed by atoms with Crippen LogP contribution in [0.2, 0.25) is 0 Å². The van der Waals surface area contributed by atoms with Crippen molar-refractivity contribution < 1.29 is 86.5 Å². The minimum atomic E-state index is -1.12. The molecule has 0 fully saturated rings. The highest BCUT2D eigenvalue weighted by Gasteiger charge is 2.31. The number of carbonyl (C=O) groups excluding carboxylic acids is 7. The first-order chi connectivity index (χ1) is 45.1. The van der Waals surface area contributed by atoms with E-state index in [9.17, 15) is 53.4 Å². The molecule has 0 aromatic carbocycles. The van der Waals surface area contributed by atoms with Crippen molar-refractivity contribution in [2.75, 3.05) is 39.6 Å². The summed E-state index contributed by atoms with van der Waals surface area (Å²) in [4.78, 5) is 112. The number of carboxylic acid groups (broad SMARTS) is 2. The lowest BCUT2D eigenvalue weighted by Gasteiger charge is -2.22. The zero-order valence-electron chi connectivity index (χ0n) is 57.8. The van der Waals surface area contributed by atoms with E-state index in [2.05, 4.69) is 46.1 Å². The van der Waals surface area contributed by atoms with E-state index < -0.39 is 84.0 Å². The van der Waals surface area contributed by atoms with Gasteiger partial charge >= 0.3 is 53.7 Å². The van der Waals surface area contributed by atoms with Gasteiger partial charge in [0.05, 0.1) is 24.7 Å². The Morgan fingerprint density at radius 3 is 1.13 bits per heavy atom. The number of carbonyl (C=O) groups is 9. The number of rotatable bonds is 66. The lowest BCUT2D eigenvalue weighted by molar-refractivity contribution is -0.167. The zero-order valence-corrected chi connectivity index (χ0v) is 57.8. The van der Waals surface area contributed by atoms with E-state index in [4.69, 9.17) is 33.2 Å². The van der Waals surface area contributed by atoms with Gasteiger partial charge in [0, 0.05) is 31.4 Å². The average molecular weight is 1310 g/mol. The Balaban J connectivity index is 5.52. The minimum absolute atomic E-state index is 0.122. The molecule has 2 N–H and O–H groups in total. The van der Waals surface area contributed by atoms with Gasteiger partial charge in [-0.05, 0) is 95.3 Å². The van der Waals surface area contributed by atoms with E-state index in [-0.39, 0.29) is 71.2 Å². The maximum atomic E-state index is 13.2. The molecule has 5 atom stereocenters. The van der Waals surface area contributed by atoms with Crippen LogP contribution in [0.5, 0.6) is 0 Å². The molecule has 0 aromatic rings. The largest absolute Gasteiger partial charge is 0.481 e. The summed E-state index contributed by atoms with van der Waals surface area (Å²) in [5.41, 5.74) is 0. The molecule has 532 valence electrons. The summed E-state index contributed by atoms with van der Waals surface area (Å²) in [6, 6.07) is 0. The number of carboxylic acids is 2. The second-order valence-electron chi connectivity index (χ2n) is 24.5. The molecule has 0 saturated carbocycles. The van der Waals surface area contributed by atoms with Crippen molar-refractivity contribution in [3.8, 4) is 0 Å². The molecule has 0 heterocycles. The Labute approximate surface area is 559 Å². The Hall–Kier alpha value is -6.07. The van der Waals surface area contributed by atoms with Crippen LogP contribution in [0.25, 0.3) is 0 Å². The number of esters is 7. The van der Waals surface area contributed by atoms with Crippen molar-refractivity contribution in [3.05, 3.63) is 61.8 Å². The van der Waals surface area contributed by atoms with E-state index in [1.165, 1.54) is 51.4 Å². The molecule has 0 spiro atoms. The summed E-state index contributed by atoms with van der Waals surface area (Å²) in [6.07, 6.45) is 48.6. The van der Waals surface area contributed by atoms with Gasteiger partial charge in [-0.1, -0.05) is 224 Å². The molecule has 0 aliphatic rings. The normalized spacial score (nSPS) is 13.0. The van der Waals surface area contributed by atoms with Gasteiger partial charge in [-0.3, -0.25) is 33.6 Å². The third-order valence-corrected chi connectivity index (χ3v) is 16.3. The minimum Gasteiger partial charge on any atom is -0.481 e. The summed E-state index contributed by atoms with van der Waals surface area (Å²) in [7, 11) is 0. The average Bonchev–Trinajstić information content (AvgIpc) is 1.38. The third-order valence-electron chi connectivity index (χ3n) is 16.3. The molecular weight excluding hydrogens is 1190 g/mol. The number of hydrogen-bond acceptors (Lipinski definition) is 16. The number of unbranched alkanes of at least 4 members (excludes halogenated alkanes) is 29. The van der Waals surface area contributed by atoms with E-state index in [0.29, 0.717) is 57.8 Å². The van der Waals surface area contributed by atoms with Crippen LogP contribution >= 0.6 is 0 Å². The van der Waals surface area contributed by atoms with Gasteiger partial charge < -0.3 is 43.4 Å². The Morgan fingerprint density at radius 1 is 0.366 bits per heavy atom. The molecular formula is C75H124O18. The van der Waals surface area contributed by atoms with Gasteiger partial charge in [0.2, 0.25) is 0 Å². The van der Waals surface area contributed by atoms with Crippen LogP contribution in [0.1, 0.15) is 290 Å². The Kier molecular flexibility index (Phi) is 59.2. The van der Waals surface area contributed by atoms with E-state index >= 15 is 0 Å². The van der Waals surface area contributed by atoms with Crippen molar-refractivity contribution >= 4 is 53.7 Å². The lowest BCUT2D eigenvalue weighted by atomic mass is 9.84. The molecule has 0 saturated heterocycles. The monoisotopic (exact) mass is 1310 g/mol. The molecule has 0 radical (unpaired) electrons. The molecule has 0 aromatic heterocycles. The van der Waals surface area contributed by atoms with Gasteiger partial charge in [-0.15, -0.1) is 0 Å². The molecule has 5 unspecified atom stereocenters. The maximum absolute atomic E-state index is 13.2. The maximum Gasteiger partial charge on any atom is 0.330 e. The van der Waals surface area contributed by atoms with Crippen LogP contribution in [0.15, 0.2) is 61.8 Å². The predicted octanol–water partition coefficient (Wildman–Crippen LogP) is 17.3. The first-order valence-corrected chi connectivity index (χ1v) is 36.0. The summed E-state index contributed by atoms with van der Waals surface area (Å²) in [6.45, 7) is 11.9. The summed E-state index contributed by atoms with van der Waals surface area (Å²) in [5.74, 6) is -8.99. The lowest BCUT2D eigenvalue weighted by Crippen LogP contribution is -2.30. The zero-order chi connectivity index (χ0) is 68.6. The van der Waals surface area contributed by atoms with Crippen molar-refractivity contribution in [2.45, 2.75) is 297 Å². The number of hydrogen-bond donors (Lipinski definition) is 2. The Bertz CT molecular complexity index is 2100. The fourth-order valence-electron chi connectivity index (χ4n) is 10.8. The van der Waals surface area contributed by atoms with Crippen molar-refractivity contribution in [1.29, 1.82) is 0 Å². The molecule has 93 heavy (non-hydrogen) atoms. The molecule has 0 bridgehead atoms. The highest BCUT2D eigenvalue weighted by atomic mass is 16.6.